The number of unbranched alkanes of at least 4 members (excludes halogenated alkanes) is 12. The average Bonchev–Trinajstić information content (AvgIpc) is 3.19. The van der Waals surface area contributed by atoms with Gasteiger partial charge in [0.25, 0.3) is 11.8 Å². The summed E-state index contributed by atoms with van der Waals surface area (Å²) in [5.74, 6) is -2.85. The zero-order valence-corrected chi connectivity index (χ0v) is 33.7. The van der Waals surface area contributed by atoms with Gasteiger partial charge in [-0.05, 0) is 101 Å². The molecule has 2 aromatic rings. The van der Waals surface area contributed by atoms with Crippen molar-refractivity contribution in [3.8, 4) is 11.5 Å². The second-order valence-electron chi connectivity index (χ2n) is 16.0. The predicted molar refractivity (Wildman–Crippen MR) is 215 cm³/mol. The number of likely N-dealkylation sites (tertiary alicyclic amines) is 2. The summed E-state index contributed by atoms with van der Waals surface area (Å²) in [6.45, 7) is 8.24. The molecule has 2 aliphatic rings. The number of hydrogen-bond acceptors (Lipinski definition) is 7. The van der Waals surface area contributed by atoms with Gasteiger partial charge in [0.05, 0.1) is 12.2 Å². The predicted octanol–water partition coefficient (Wildman–Crippen LogP) is 8.63. The number of halogens is 2. The molecule has 2 aliphatic heterocycles. The topological polar surface area (TPSA) is 96.8 Å². The molecule has 0 aliphatic carbocycles. The molecule has 0 saturated carbocycles. The fourth-order valence-electron chi connectivity index (χ4n) is 7.87. The van der Waals surface area contributed by atoms with Crippen molar-refractivity contribution >= 4 is 11.8 Å². The van der Waals surface area contributed by atoms with E-state index >= 15 is 0 Å². The molecule has 11 heteroatoms. The van der Waals surface area contributed by atoms with Crippen molar-refractivity contribution < 1.29 is 33.3 Å². The van der Waals surface area contributed by atoms with Crippen LogP contribution in [0.5, 0.6) is 11.5 Å². The van der Waals surface area contributed by atoms with E-state index in [1.165, 1.54) is 102 Å². The van der Waals surface area contributed by atoms with E-state index in [1.807, 2.05) is 0 Å². The lowest BCUT2D eigenvalue weighted by molar-refractivity contribution is -0.0650. The van der Waals surface area contributed by atoms with E-state index < -0.39 is 23.1 Å². The van der Waals surface area contributed by atoms with E-state index in [1.54, 1.807) is 23.9 Å². The van der Waals surface area contributed by atoms with Gasteiger partial charge >= 0.3 is 0 Å². The Morgan fingerprint density at radius 1 is 0.582 bits per heavy atom. The second kappa shape index (κ2) is 24.4. The van der Waals surface area contributed by atoms with Crippen LogP contribution in [-0.4, -0.2) is 120 Å². The summed E-state index contributed by atoms with van der Waals surface area (Å²) < 4.78 is 33.7. The van der Waals surface area contributed by atoms with Gasteiger partial charge < -0.3 is 34.5 Å². The van der Waals surface area contributed by atoms with E-state index in [0.717, 1.165) is 89.7 Å². The molecule has 2 N–H and O–H groups in total. The van der Waals surface area contributed by atoms with Gasteiger partial charge in [-0.2, -0.15) is 0 Å². The molecule has 0 unspecified atom stereocenters. The molecule has 4 rings (SSSR count). The first-order valence-electron chi connectivity index (χ1n) is 21.2. The first-order chi connectivity index (χ1) is 26.6. The molecule has 308 valence electrons. The van der Waals surface area contributed by atoms with Crippen molar-refractivity contribution in [3.05, 3.63) is 59.2 Å². The maximum atomic E-state index is 13.6. The fraction of sp³-hybridized carbons (Fsp3) is 0.682. The number of phenolic OH excluding ortho intramolecular Hbond substituents is 2. The molecule has 0 atom stereocenters. The molecule has 0 radical (unpaired) electrons. The number of piperidine rings is 2. The van der Waals surface area contributed by atoms with E-state index in [-0.39, 0.29) is 22.9 Å². The summed E-state index contributed by atoms with van der Waals surface area (Å²) in [7, 11) is 3.49. The third-order valence-corrected chi connectivity index (χ3v) is 11.5. The second-order valence-corrected chi connectivity index (χ2v) is 16.0. The van der Waals surface area contributed by atoms with Crippen LogP contribution in [0, 0.1) is 11.6 Å². The average molecular weight is 771 g/mol. The summed E-state index contributed by atoms with van der Waals surface area (Å²) in [5.41, 5.74) is 0.527. The maximum absolute atomic E-state index is 13.6. The number of aromatic hydroxyl groups is 2. The van der Waals surface area contributed by atoms with Crippen LogP contribution < -0.4 is 0 Å². The Kier molecular flexibility index (Phi) is 19.7. The number of phenols is 2. The summed E-state index contributed by atoms with van der Waals surface area (Å²) in [6.07, 6.45) is 21.8. The van der Waals surface area contributed by atoms with Crippen LogP contribution >= 0.6 is 0 Å². The van der Waals surface area contributed by atoms with Crippen molar-refractivity contribution in [2.75, 3.05) is 66.5 Å². The lowest BCUT2D eigenvalue weighted by atomic mass is 10.0. The number of benzene rings is 2. The van der Waals surface area contributed by atoms with Crippen LogP contribution in [0.2, 0.25) is 0 Å². The standard InChI is InChI=1S/C44H68F2N4O5/c1-47(43(53)35-17-19-41(51)39(45)33-35)25-13-9-5-3-7-11-15-27-49-29-21-37(22-30-49)55-38-23-31-50(32-24-38)28-16-12-8-4-6-10-14-26-48(2)44(54)36-18-20-42(52)40(46)34-36/h17-20,33-34,37-38,51-52H,3-16,21-32H2,1-2H3. The number of amides is 2. The van der Waals surface area contributed by atoms with Crippen molar-refractivity contribution in [3.63, 3.8) is 0 Å². The fourth-order valence-corrected chi connectivity index (χ4v) is 7.87. The number of carbonyl (C=O) groups excluding carboxylic acids is 2. The lowest BCUT2D eigenvalue weighted by Gasteiger charge is -2.37. The van der Waals surface area contributed by atoms with Crippen LogP contribution in [0.25, 0.3) is 0 Å². The molecule has 2 amide bonds. The van der Waals surface area contributed by atoms with E-state index in [0.29, 0.717) is 25.3 Å². The minimum absolute atomic E-state index is 0.219. The van der Waals surface area contributed by atoms with Crippen LogP contribution in [0.4, 0.5) is 8.78 Å². The van der Waals surface area contributed by atoms with Crippen LogP contribution in [0.1, 0.15) is 136 Å². The van der Waals surface area contributed by atoms with Crippen molar-refractivity contribution in [1.82, 2.24) is 19.6 Å². The normalized spacial score (nSPS) is 16.1. The summed E-state index contributed by atoms with van der Waals surface area (Å²) in [4.78, 5) is 33.4. The molecule has 0 bridgehead atoms. The smallest absolute Gasteiger partial charge is 0.253 e. The third-order valence-electron chi connectivity index (χ3n) is 11.5. The zero-order chi connectivity index (χ0) is 39.4. The first kappa shape index (κ1) is 44.4. The minimum atomic E-state index is -0.769. The van der Waals surface area contributed by atoms with Gasteiger partial charge in [-0.25, -0.2) is 8.78 Å². The van der Waals surface area contributed by atoms with Gasteiger partial charge in [0.15, 0.2) is 23.1 Å². The van der Waals surface area contributed by atoms with Crippen LogP contribution in [0.3, 0.4) is 0 Å². The van der Waals surface area contributed by atoms with E-state index in [9.17, 15) is 28.6 Å². The molecular formula is C44H68F2N4O5. The Morgan fingerprint density at radius 2 is 0.909 bits per heavy atom. The van der Waals surface area contributed by atoms with Crippen LogP contribution in [-0.2, 0) is 4.74 Å². The Balaban J connectivity index is 0.902. The van der Waals surface area contributed by atoms with Gasteiger partial charge in [0.1, 0.15) is 0 Å². The number of hydrogen-bond donors (Lipinski definition) is 2. The molecule has 0 spiro atoms. The summed E-state index contributed by atoms with van der Waals surface area (Å²) in [5, 5.41) is 18.7. The highest BCUT2D eigenvalue weighted by Crippen LogP contribution is 2.23. The number of nitrogens with zero attached hydrogens (tertiary/aromatic N) is 4. The maximum Gasteiger partial charge on any atom is 0.253 e. The SMILES string of the molecule is CN(CCCCCCCCCN1CCC(OC2CCN(CCCCCCCCCN(C)C(=O)c3ccc(O)c(F)c3)CC2)CC1)C(=O)c1ccc(O)c(F)c1. The van der Waals surface area contributed by atoms with Gasteiger partial charge in [-0.1, -0.05) is 64.2 Å². The van der Waals surface area contributed by atoms with Crippen molar-refractivity contribution in [2.45, 2.75) is 128 Å². The molecule has 2 saturated heterocycles. The van der Waals surface area contributed by atoms with Crippen molar-refractivity contribution in [2.24, 2.45) is 0 Å². The van der Waals surface area contributed by atoms with Gasteiger partial charge in [0, 0.05) is 64.5 Å². The van der Waals surface area contributed by atoms with Gasteiger partial charge in [-0.3, -0.25) is 9.59 Å². The highest BCUT2D eigenvalue weighted by atomic mass is 19.1. The van der Waals surface area contributed by atoms with E-state index in [2.05, 4.69) is 9.80 Å². The van der Waals surface area contributed by atoms with Gasteiger partial charge in [-0.15, -0.1) is 0 Å². The van der Waals surface area contributed by atoms with Crippen LogP contribution in [0.15, 0.2) is 36.4 Å². The molecule has 55 heavy (non-hydrogen) atoms. The molecular weight excluding hydrogens is 703 g/mol. The number of ether oxygens (including phenoxy) is 1. The molecule has 2 heterocycles. The molecule has 2 aromatic carbocycles. The zero-order valence-electron chi connectivity index (χ0n) is 33.7. The third kappa shape index (κ3) is 16.0. The van der Waals surface area contributed by atoms with Gasteiger partial charge in [0.2, 0.25) is 0 Å². The largest absolute Gasteiger partial charge is 0.505 e. The highest BCUT2D eigenvalue weighted by Gasteiger charge is 2.25. The quantitative estimate of drug-likeness (QED) is 0.103. The number of rotatable bonds is 24. The Bertz CT molecular complexity index is 1330. The number of carbonyl (C=O) groups is 2. The summed E-state index contributed by atoms with van der Waals surface area (Å²) >= 11 is 0. The molecule has 0 aromatic heterocycles. The first-order valence-corrected chi connectivity index (χ1v) is 21.2. The summed E-state index contributed by atoms with van der Waals surface area (Å²) in [6, 6.07) is 7.55. The van der Waals surface area contributed by atoms with Crippen molar-refractivity contribution in [1.29, 1.82) is 0 Å². The lowest BCUT2D eigenvalue weighted by Crippen LogP contribution is -2.42. The monoisotopic (exact) mass is 771 g/mol. The highest BCUT2D eigenvalue weighted by molar-refractivity contribution is 5.94. The molecule has 9 nitrogen and oxygen atoms in total. The Labute approximate surface area is 329 Å². The van der Waals surface area contributed by atoms with E-state index in [4.69, 9.17) is 4.74 Å². The Morgan fingerprint density at radius 3 is 1.25 bits per heavy atom. The Hall–Kier alpha value is -3.28. The molecule has 2 fully saturated rings. The minimum Gasteiger partial charge on any atom is -0.505 e.